The maximum Gasteiger partial charge on any atom is 0.358 e. The molecule has 0 atom stereocenters. The summed E-state index contributed by atoms with van der Waals surface area (Å²) in [4.78, 5) is 11.0. The summed E-state index contributed by atoms with van der Waals surface area (Å²) in [5, 5.41) is 12.7. The van der Waals surface area contributed by atoms with Crippen LogP contribution in [0.15, 0.2) is 34.9 Å². The topological polar surface area (TPSA) is 63.3 Å². The van der Waals surface area contributed by atoms with E-state index in [-0.39, 0.29) is 5.69 Å². The van der Waals surface area contributed by atoms with Gasteiger partial charge in [-0.05, 0) is 48.5 Å². The van der Waals surface area contributed by atoms with Gasteiger partial charge >= 0.3 is 5.97 Å². The largest absolute Gasteiger partial charge is 0.476 e. The second kappa shape index (κ2) is 6.42. The molecule has 2 aromatic rings. The minimum atomic E-state index is -1.06. The van der Waals surface area contributed by atoms with E-state index in [1.165, 1.54) is 37.3 Å². The summed E-state index contributed by atoms with van der Waals surface area (Å²) < 4.78 is 5.29. The molecule has 4 heteroatoms. The zero-order valence-corrected chi connectivity index (χ0v) is 14.6. The average Bonchev–Trinajstić information content (AvgIpc) is 3.04. The molecule has 4 nitrogen and oxygen atoms in total. The summed E-state index contributed by atoms with van der Waals surface area (Å²) in [7, 11) is 0. The summed E-state index contributed by atoms with van der Waals surface area (Å²) in [5.74, 6) is 0.747. The molecular weight excluding hydrogens is 302 g/mol. The first kappa shape index (κ1) is 16.7. The lowest BCUT2D eigenvalue weighted by Gasteiger charge is -2.37. The van der Waals surface area contributed by atoms with Crippen LogP contribution in [0.25, 0.3) is 11.3 Å². The molecule has 1 aliphatic carbocycles. The van der Waals surface area contributed by atoms with Gasteiger partial charge in [0.2, 0.25) is 0 Å². The third kappa shape index (κ3) is 3.37. The Hall–Kier alpha value is -2.10. The van der Waals surface area contributed by atoms with Crippen molar-refractivity contribution < 1.29 is 14.4 Å². The van der Waals surface area contributed by atoms with Crippen molar-refractivity contribution in [2.75, 3.05) is 0 Å². The summed E-state index contributed by atoms with van der Waals surface area (Å²) >= 11 is 0. The Morgan fingerprint density at radius 1 is 1.17 bits per heavy atom. The summed E-state index contributed by atoms with van der Waals surface area (Å²) in [6.07, 6.45) is 4.80. The minimum absolute atomic E-state index is 0.0451. The van der Waals surface area contributed by atoms with Crippen LogP contribution in [-0.2, 0) is 0 Å². The molecule has 1 N–H and O–H groups in total. The number of aromatic nitrogens is 1. The predicted octanol–water partition coefficient (Wildman–Crippen LogP) is 5.36. The van der Waals surface area contributed by atoms with Gasteiger partial charge in [-0.25, -0.2) is 4.79 Å². The normalized spacial score (nSPS) is 21.6. The second-order valence-electron chi connectivity index (χ2n) is 7.88. The van der Waals surface area contributed by atoms with Gasteiger partial charge in [0, 0.05) is 11.6 Å². The molecule has 0 unspecified atom stereocenters. The van der Waals surface area contributed by atoms with E-state index in [9.17, 15) is 4.79 Å². The molecule has 128 valence electrons. The van der Waals surface area contributed by atoms with Gasteiger partial charge in [0.25, 0.3) is 0 Å². The standard InChI is InChI=1S/C20H25NO3/c1-20(2,3)14-10-8-13(9-11-14)15-6-4-5-7-16(15)18-12-17(19(22)23)21-24-18/h4-7,12-14H,8-11H2,1-3H3,(H,22,23). The number of nitrogens with zero attached hydrogens (tertiary/aromatic N) is 1. The molecule has 24 heavy (non-hydrogen) atoms. The fourth-order valence-corrected chi connectivity index (χ4v) is 3.85. The van der Waals surface area contributed by atoms with Crippen LogP contribution < -0.4 is 0 Å². The zero-order valence-electron chi connectivity index (χ0n) is 14.6. The number of hydrogen-bond donors (Lipinski definition) is 1. The van der Waals surface area contributed by atoms with Crippen molar-refractivity contribution >= 4 is 5.97 Å². The second-order valence-corrected chi connectivity index (χ2v) is 7.88. The van der Waals surface area contributed by atoms with E-state index in [0.717, 1.165) is 11.5 Å². The molecule has 0 radical (unpaired) electrons. The Morgan fingerprint density at radius 3 is 2.42 bits per heavy atom. The molecule has 0 saturated heterocycles. The van der Waals surface area contributed by atoms with Gasteiger partial charge in [0.1, 0.15) is 0 Å². The Balaban J connectivity index is 1.84. The number of aromatic carboxylic acids is 1. The third-order valence-corrected chi connectivity index (χ3v) is 5.35. The molecule has 1 heterocycles. The van der Waals surface area contributed by atoms with E-state index < -0.39 is 5.97 Å². The van der Waals surface area contributed by atoms with Gasteiger partial charge < -0.3 is 9.63 Å². The lowest BCUT2D eigenvalue weighted by Crippen LogP contribution is -2.25. The lowest BCUT2D eigenvalue weighted by molar-refractivity contribution is 0.0686. The molecule has 1 aromatic heterocycles. The molecular formula is C20H25NO3. The van der Waals surface area contributed by atoms with E-state index in [0.29, 0.717) is 17.1 Å². The van der Waals surface area contributed by atoms with E-state index in [1.807, 2.05) is 18.2 Å². The molecule has 0 aliphatic heterocycles. The van der Waals surface area contributed by atoms with Crippen molar-refractivity contribution in [1.82, 2.24) is 5.16 Å². The average molecular weight is 327 g/mol. The molecule has 3 rings (SSSR count). The molecule has 0 bridgehead atoms. The van der Waals surface area contributed by atoms with Crippen molar-refractivity contribution in [3.8, 4) is 11.3 Å². The Labute approximate surface area is 142 Å². The quantitative estimate of drug-likeness (QED) is 0.824. The SMILES string of the molecule is CC(C)(C)C1CCC(c2ccccc2-c2cc(C(=O)O)no2)CC1. The van der Waals surface area contributed by atoms with Crippen molar-refractivity contribution in [2.24, 2.45) is 11.3 Å². The number of hydrogen-bond acceptors (Lipinski definition) is 3. The molecule has 1 aromatic carbocycles. The Kier molecular flexibility index (Phi) is 4.48. The van der Waals surface area contributed by atoms with Crippen LogP contribution in [0.3, 0.4) is 0 Å². The first-order chi connectivity index (χ1) is 11.4. The van der Waals surface area contributed by atoms with Crippen LogP contribution in [0.1, 0.15) is 68.4 Å². The van der Waals surface area contributed by atoms with Crippen LogP contribution in [0, 0.1) is 11.3 Å². The number of benzene rings is 1. The number of carboxylic acid groups (broad SMARTS) is 1. The molecule has 0 spiro atoms. The Bertz CT molecular complexity index is 718. The summed E-state index contributed by atoms with van der Waals surface area (Å²) in [6.45, 7) is 6.98. The fourth-order valence-electron chi connectivity index (χ4n) is 3.85. The first-order valence-electron chi connectivity index (χ1n) is 8.65. The van der Waals surface area contributed by atoms with Gasteiger partial charge in [-0.2, -0.15) is 0 Å². The van der Waals surface area contributed by atoms with Crippen LogP contribution in [0.2, 0.25) is 0 Å². The molecule has 0 amide bonds. The third-order valence-electron chi connectivity index (χ3n) is 5.35. The number of rotatable bonds is 3. The maximum atomic E-state index is 11.0. The van der Waals surface area contributed by atoms with Crippen molar-refractivity contribution in [3.05, 3.63) is 41.6 Å². The smallest absolute Gasteiger partial charge is 0.358 e. The molecule has 1 aliphatic rings. The minimum Gasteiger partial charge on any atom is -0.476 e. The van der Waals surface area contributed by atoms with Gasteiger partial charge in [-0.1, -0.05) is 50.2 Å². The molecule has 1 fully saturated rings. The summed E-state index contributed by atoms with van der Waals surface area (Å²) in [5.41, 5.74) is 2.54. The maximum absolute atomic E-state index is 11.0. The fraction of sp³-hybridized carbons (Fsp3) is 0.500. The van der Waals surface area contributed by atoms with E-state index in [2.05, 4.69) is 32.0 Å². The molecule has 1 saturated carbocycles. The van der Waals surface area contributed by atoms with Crippen LogP contribution in [0.5, 0.6) is 0 Å². The van der Waals surface area contributed by atoms with Crippen molar-refractivity contribution in [3.63, 3.8) is 0 Å². The monoisotopic (exact) mass is 327 g/mol. The van der Waals surface area contributed by atoms with E-state index in [4.69, 9.17) is 9.63 Å². The highest BCUT2D eigenvalue weighted by atomic mass is 16.5. The van der Waals surface area contributed by atoms with E-state index >= 15 is 0 Å². The van der Waals surface area contributed by atoms with Gasteiger partial charge in [0.15, 0.2) is 11.5 Å². The van der Waals surface area contributed by atoms with Crippen molar-refractivity contribution in [1.29, 1.82) is 0 Å². The van der Waals surface area contributed by atoms with Gasteiger partial charge in [-0.15, -0.1) is 0 Å². The Morgan fingerprint density at radius 2 is 1.83 bits per heavy atom. The highest BCUT2D eigenvalue weighted by Gasteiger charge is 2.31. The van der Waals surface area contributed by atoms with Crippen molar-refractivity contribution in [2.45, 2.75) is 52.4 Å². The van der Waals surface area contributed by atoms with Crippen LogP contribution >= 0.6 is 0 Å². The van der Waals surface area contributed by atoms with E-state index in [1.54, 1.807) is 0 Å². The van der Waals surface area contributed by atoms with Crippen LogP contribution in [0.4, 0.5) is 0 Å². The number of carboxylic acids is 1. The van der Waals surface area contributed by atoms with Gasteiger partial charge in [-0.3, -0.25) is 0 Å². The highest BCUT2D eigenvalue weighted by Crippen LogP contribution is 2.45. The summed E-state index contributed by atoms with van der Waals surface area (Å²) in [6, 6.07) is 9.66. The highest BCUT2D eigenvalue weighted by molar-refractivity contribution is 5.86. The van der Waals surface area contributed by atoms with Gasteiger partial charge in [0.05, 0.1) is 0 Å². The predicted molar refractivity (Wildman–Crippen MR) is 93.1 cm³/mol. The first-order valence-corrected chi connectivity index (χ1v) is 8.65. The lowest BCUT2D eigenvalue weighted by atomic mass is 9.68. The zero-order chi connectivity index (χ0) is 17.3. The number of carbonyl (C=O) groups is 1. The van der Waals surface area contributed by atoms with Crippen LogP contribution in [-0.4, -0.2) is 16.2 Å².